The number of fused-ring (bicyclic) bond motifs is 1. The Morgan fingerprint density at radius 2 is 1.74 bits per heavy atom. The van der Waals surface area contributed by atoms with E-state index < -0.39 is 16.2 Å². The normalized spacial score (nSPS) is 11.0. The van der Waals surface area contributed by atoms with Crippen molar-refractivity contribution in [2.75, 3.05) is 0 Å². The molecular weight excluding hydrogens is 324 g/mol. The van der Waals surface area contributed by atoms with Gasteiger partial charge < -0.3 is 5.21 Å². The molecule has 0 N–H and O–H groups in total. The molecule has 0 saturated carbocycles. The highest BCUT2D eigenvalue weighted by atomic mass is 32.1. The number of hydrogen-bond donors (Lipinski definition) is 0. The third-order valence-electron chi connectivity index (χ3n) is 3.49. The summed E-state index contributed by atoms with van der Waals surface area (Å²) in [5.74, 6) is 0. The van der Waals surface area contributed by atoms with E-state index >= 15 is 0 Å². The fourth-order valence-corrected chi connectivity index (χ4v) is 3.33. The lowest BCUT2D eigenvalue weighted by atomic mass is 10.2. The molecule has 23 heavy (non-hydrogen) atoms. The van der Waals surface area contributed by atoms with Crippen LogP contribution in [0.5, 0.6) is 0 Å². The van der Waals surface area contributed by atoms with Crippen LogP contribution in [0.4, 0.5) is 5.69 Å². The van der Waals surface area contributed by atoms with E-state index in [4.69, 9.17) is 0 Å². The highest BCUT2D eigenvalue weighted by Crippen LogP contribution is 2.27. The first kappa shape index (κ1) is 14.9. The molecule has 0 atom stereocenters. The maximum absolute atomic E-state index is 12.4. The van der Waals surface area contributed by atoms with Crippen LogP contribution >= 0.6 is 11.3 Å². The van der Waals surface area contributed by atoms with Crippen molar-refractivity contribution < 1.29 is 9.65 Å². The van der Waals surface area contributed by atoms with Gasteiger partial charge in [-0.05, 0) is 23.5 Å². The van der Waals surface area contributed by atoms with Crippen molar-refractivity contribution in [3.05, 3.63) is 60.4 Å². The fourth-order valence-electron chi connectivity index (χ4n) is 2.23. The van der Waals surface area contributed by atoms with Gasteiger partial charge in [0.25, 0.3) is 10.7 Å². The van der Waals surface area contributed by atoms with Gasteiger partial charge in [0.15, 0.2) is 4.83 Å². The summed E-state index contributed by atoms with van der Waals surface area (Å²) >= 11 is 0.985. The predicted molar refractivity (Wildman–Crippen MR) is 83.4 cm³/mol. The summed E-state index contributed by atoms with van der Waals surface area (Å²) in [6.07, 6.45) is 0. The second kappa shape index (κ2) is 5.02. The standard InChI is InChI=1S/C13H10N4O5S/c1-14-10(18)9-12(15(2)13(14)19)23-11(16(9)20)7-3-5-8(6-4-7)17(21)22/h3-6H,1-2H3. The number of benzene rings is 1. The topological polar surface area (TPSA) is 114 Å². The second-order valence-corrected chi connectivity index (χ2v) is 5.84. The molecule has 9 nitrogen and oxygen atoms in total. The lowest BCUT2D eigenvalue weighted by Gasteiger charge is -2.01. The van der Waals surface area contributed by atoms with Crippen LogP contribution in [0.25, 0.3) is 20.9 Å². The molecule has 0 radical (unpaired) electrons. The van der Waals surface area contributed by atoms with Gasteiger partial charge >= 0.3 is 16.8 Å². The molecule has 0 bridgehead atoms. The summed E-state index contributed by atoms with van der Waals surface area (Å²) in [4.78, 5) is 34.5. The quantitative estimate of drug-likeness (QED) is 0.293. The lowest BCUT2D eigenvalue weighted by Crippen LogP contribution is -2.41. The number of aromatic nitrogens is 3. The van der Waals surface area contributed by atoms with Crippen molar-refractivity contribution in [1.29, 1.82) is 0 Å². The minimum absolute atomic E-state index is 0.101. The van der Waals surface area contributed by atoms with Gasteiger partial charge in [-0.1, -0.05) is 0 Å². The molecule has 0 aliphatic rings. The Balaban J connectivity index is 2.32. The summed E-state index contributed by atoms with van der Waals surface area (Å²) < 4.78 is 2.55. The third kappa shape index (κ3) is 2.11. The summed E-state index contributed by atoms with van der Waals surface area (Å²) in [7, 11) is 2.77. The molecule has 2 aromatic heterocycles. The van der Waals surface area contributed by atoms with Crippen LogP contribution in [-0.4, -0.2) is 14.1 Å². The van der Waals surface area contributed by atoms with Gasteiger partial charge in [-0.3, -0.25) is 24.0 Å². The SMILES string of the molecule is Cn1c(=O)c2c(sc(-c3ccc([N+](=O)[O-])cc3)[n+]2[O-])n(C)c1=O. The van der Waals surface area contributed by atoms with Crippen molar-refractivity contribution >= 4 is 27.4 Å². The average molecular weight is 334 g/mol. The minimum atomic E-state index is -0.678. The van der Waals surface area contributed by atoms with Crippen molar-refractivity contribution in [2.45, 2.75) is 0 Å². The lowest BCUT2D eigenvalue weighted by molar-refractivity contribution is -0.561. The summed E-state index contributed by atoms with van der Waals surface area (Å²) in [5, 5.41) is 23.3. The number of aryl methyl sites for hydroxylation is 1. The van der Waals surface area contributed by atoms with Crippen molar-refractivity contribution in [2.24, 2.45) is 14.1 Å². The Morgan fingerprint density at radius 1 is 1.13 bits per heavy atom. The van der Waals surface area contributed by atoms with E-state index in [2.05, 4.69) is 0 Å². The van der Waals surface area contributed by atoms with E-state index in [1.54, 1.807) is 0 Å². The van der Waals surface area contributed by atoms with Gasteiger partial charge in [0.05, 0.1) is 10.5 Å². The summed E-state index contributed by atoms with van der Waals surface area (Å²) in [6, 6.07) is 5.41. The first-order valence-electron chi connectivity index (χ1n) is 6.40. The molecule has 1 aromatic carbocycles. The molecule has 0 saturated heterocycles. The maximum Gasteiger partial charge on any atom is 0.331 e. The predicted octanol–water partition coefficient (Wildman–Crippen LogP) is 0.507. The van der Waals surface area contributed by atoms with E-state index in [1.807, 2.05) is 0 Å². The Morgan fingerprint density at radius 3 is 2.30 bits per heavy atom. The first-order chi connectivity index (χ1) is 10.8. The minimum Gasteiger partial charge on any atom is -0.617 e. The van der Waals surface area contributed by atoms with E-state index in [1.165, 1.54) is 42.9 Å². The van der Waals surface area contributed by atoms with Crippen molar-refractivity contribution in [3.8, 4) is 10.6 Å². The van der Waals surface area contributed by atoms with E-state index in [0.29, 0.717) is 10.3 Å². The number of hydrogen-bond acceptors (Lipinski definition) is 6. The molecule has 2 heterocycles. The number of nitro benzene ring substituents is 1. The number of thiazole rings is 1. The number of rotatable bonds is 2. The highest BCUT2D eigenvalue weighted by Gasteiger charge is 2.25. The second-order valence-electron chi connectivity index (χ2n) is 4.87. The molecule has 0 fully saturated rings. The number of non-ortho nitro benzene ring substituents is 1. The molecule has 3 rings (SSSR count). The Bertz CT molecular complexity index is 1060. The Kier molecular flexibility index (Phi) is 3.25. The van der Waals surface area contributed by atoms with Gasteiger partial charge in [-0.2, -0.15) is 0 Å². The maximum atomic E-state index is 12.4. The molecule has 0 spiro atoms. The largest absolute Gasteiger partial charge is 0.617 e. The van der Waals surface area contributed by atoms with Gasteiger partial charge in [0.1, 0.15) is 0 Å². The molecule has 0 aliphatic heterocycles. The molecule has 0 unspecified atom stereocenters. The van der Waals surface area contributed by atoms with Crippen LogP contribution < -0.4 is 16.0 Å². The Hall–Kier alpha value is -3.01. The van der Waals surface area contributed by atoms with Crippen molar-refractivity contribution in [1.82, 2.24) is 9.13 Å². The molecular formula is C13H10N4O5S. The average Bonchev–Trinajstić information content (AvgIpc) is 2.88. The first-order valence-corrected chi connectivity index (χ1v) is 7.21. The van der Waals surface area contributed by atoms with Crippen LogP contribution in [0.1, 0.15) is 0 Å². The monoisotopic (exact) mass is 334 g/mol. The van der Waals surface area contributed by atoms with Gasteiger partial charge in [-0.15, -0.1) is 4.73 Å². The molecule has 118 valence electrons. The summed E-state index contributed by atoms with van der Waals surface area (Å²) in [5.41, 5.74) is -1.01. The number of nitro groups is 1. The Labute approximate surface area is 132 Å². The van der Waals surface area contributed by atoms with Gasteiger partial charge in [0.2, 0.25) is 0 Å². The molecule has 0 aliphatic carbocycles. The molecule has 0 amide bonds. The zero-order valence-electron chi connectivity index (χ0n) is 12.0. The van der Waals surface area contributed by atoms with E-state index in [9.17, 15) is 24.9 Å². The van der Waals surface area contributed by atoms with Crippen LogP contribution in [0.3, 0.4) is 0 Å². The third-order valence-corrected chi connectivity index (χ3v) is 4.75. The zero-order valence-corrected chi connectivity index (χ0v) is 12.9. The number of nitrogens with zero attached hydrogens (tertiary/aromatic N) is 4. The molecule has 3 aromatic rings. The van der Waals surface area contributed by atoms with Crippen LogP contribution in [-0.2, 0) is 14.1 Å². The van der Waals surface area contributed by atoms with Crippen LogP contribution in [0.2, 0.25) is 0 Å². The zero-order chi connectivity index (χ0) is 16.9. The fraction of sp³-hybridized carbons (Fsp3) is 0.154. The van der Waals surface area contributed by atoms with Crippen molar-refractivity contribution in [3.63, 3.8) is 0 Å². The van der Waals surface area contributed by atoms with E-state index in [-0.39, 0.29) is 21.0 Å². The van der Waals surface area contributed by atoms with Gasteiger partial charge in [0, 0.05) is 26.2 Å². The van der Waals surface area contributed by atoms with Gasteiger partial charge in [-0.25, -0.2) is 4.79 Å². The van der Waals surface area contributed by atoms with Crippen LogP contribution in [0.15, 0.2) is 33.9 Å². The molecule has 10 heteroatoms. The summed E-state index contributed by atoms with van der Waals surface area (Å²) in [6.45, 7) is 0. The highest BCUT2D eigenvalue weighted by molar-refractivity contribution is 7.20. The van der Waals surface area contributed by atoms with Crippen LogP contribution in [0, 0.1) is 15.3 Å². The smallest absolute Gasteiger partial charge is 0.331 e. The van der Waals surface area contributed by atoms with E-state index in [0.717, 1.165) is 15.9 Å².